The number of amides is 3. The van der Waals surface area contributed by atoms with E-state index < -0.39 is 11.8 Å². The molecule has 1 heterocycles. The molecule has 1 atom stereocenters. The van der Waals surface area contributed by atoms with Gasteiger partial charge in [-0.05, 0) is 55.3 Å². The summed E-state index contributed by atoms with van der Waals surface area (Å²) in [5.41, 5.74) is 3.62. The highest BCUT2D eigenvalue weighted by molar-refractivity contribution is 6.39. The van der Waals surface area contributed by atoms with E-state index in [-0.39, 0.29) is 11.9 Å². The Balaban J connectivity index is 1.65. The largest absolute Gasteiger partial charge is 0.331 e. The zero-order chi connectivity index (χ0) is 22.5. The second-order valence-corrected chi connectivity index (χ2v) is 7.19. The summed E-state index contributed by atoms with van der Waals surface area (Å²) in [6.07, 6.45) is 3.05. The molecule has 0 bridgehead atoms. The lowest BCUT2D eigenvalue weighted by Crippen LogP contribution is -2.38. The number of aromatic nitrogens is 3. The summed E-state index contributed by atoms with van der Waals surface area (Å²) in [5.74, 6) is -1.57. The Kier molecular flexibility index (Phi) is 6.44. The molecule has 0 aliphatic heterocycles. The fourth-order valence-corrected chi connectivity index (χ4v) is 3.06. The first-order chi connectivity index (χ1) is 14.8. The maximum absolute atomic E-state index is 12.6. The Morgan fingerprint density at radius 3 is 2.35 bits per heavy atom. The van der Waals surface area contributed by atoms with E-state index in [1.54, 1.807) is 43.2 Å². The van der Waals surface area contributed by atoms with Gasteiger partial charge in [-0.3, -0.25) is 14.4 Å². The van der Waals surface area contributed by atoms with Crippen molar-refractivity contribution in [2.24, 2.45) is 0 Å². The normalized spacial score (nSPS) is 11.5. The van der Waals surface area contributed by atoms with Gasteiger partial charge in [0.15, 0.2) is 0 Å². The third kappa shape index (κ3) is 5.13. The molecule has 3 rings (SSSR count). The van der Waals surface area contributed by atoms with Gasteiger partial charge in [-0.15, -0.1) is 0 Å². The Morgan fingerprint density at radius 1 is 1.06 bits per heavy atom. The molecule has 9 heteroatoms. The predicted octanol–water partition coefficient (Wildman–Crippen LogP) is 2.69. The number of nitrogens with zero attached hydrogens (tertiary/aromatic N) is 4. The van der Waals surface area contributed by atoms with Crippen molar-refractivity contribution in [1.82, 2.24) is 19.7 Å². The van der Waals surface area contributed by atoms with Crippen molar-refractivity contribution < 1.29 is 14.4 Å². The number of rotatable bonds is 5. The second kappa shape index (κ2) is 9.21. The van der Waals surface area contributed by atoms with Crippen molar-refractivity contribution in [2.75, 3.05) is 17.7 Å². The van der Waals surface area contributed by atoms with Gasteiger partial charge in [0.05, 0.1) is 11.7 Å². The SMILES string of the molecule is CC(=O)Nc1ccc(NC(=O)C(=O)N(C)C(C)c2ccc(-n3cncn3)cc2)cc1C. The van der Waals surface area contributed by atoms with Crippen molar-refractivity contribution in [3.05, 3.63) is 66.2 Å². The van der Waals surface area contributed by atoms with Crippen LogP contribution in [0.1, 0.15) is 31.0 Å². The van der Waals surface area contributed by atoms with E-state index in [1.165, 1.54) is 18.2 Å². The van der Waals surface area contributed by atoms with Crippen LogP contribution in [0.3, 0.4) is 0 Å². The average Bonchev–Trinajstić information content (AvgIpc) is 3.29. The van der Waals surface area contributed by atoms with Crippen LogP contribution in [0.4, 0.5) is 11.4 Å². The standard InChI is InChI=1S/C22H24N6O3/c1-14-11-18(7-10-20(14)25-16(3)29)26-21(30)22(31)27(4)15(2)17-5-8-19(9-6-17)28-13-23-12-24-28/h5-13,15H,1-4H3,(H,25,29)(H,26,30). The summed E-state index contributed by atoms with van der Waals surface area (Å²) in [5, 5.41) is 9.40. The molecule has 3 amide bonds. The third-order valence-corrected chi connectivity index (χ3v) is 4.95. The van der Waals surface area contributed by atoms with Crippen molar-refractivity contribution in [3.8, 4) is 5.69 Å². The van der Waals surface area contributed by atoms with Gasteiger partial charge < -0.3 is 15.5 Å². The van der Waals surface area contributed by atoms with E-state index in [9.17, 15) is 14.4 Å². The van der Waals surface area contributed by atoms with Gasteiger partial charge in [0.1, 0.15) is 12.7 Å². The molecule has 160 valence electrons. The zero-order valence-corrected chi connectivity index (χ0v) is 17.8. The number of anilines is 2. The number of carbonyl (C=O) groups excluding carboxylic acids is 3. The average molecular weight is 420 g/mol. The molecule has 1 unspecified atom stereocenters. The van der Waals surface area contributed by atoms with Crippen LogP contribution in [-0.2, 0) is 14.4 Å². The summed E-state index contributed by atoms with van der Waals surface area (Å²) < 4.78 is 1.63. The Bertz CT molecular complexity index is 1090. The van der Waals surface area contributed by atoms with E-state index in [2.05, 4.69) is 20.7 Å². The monoisotopic (exact) mass is 420 g/mol. The molecule has 0 saturated carbocycles. The van der Waals surface area contributed by atoms with Crippen molar-refractivity contribution in [1.29, 1.82) is 0 Å². The van der Waals surface area contributed by atoms with Crippen LogP contribution in [0.25, 0.3) is 5.69 Å². The molecule has 9 nitrogen and oxygen atoms in total. The first-order valence-corrected chi connectivity index (χ1v) is 9.67. The predicted molar refractivity (Wildman–Crippen MR) is 117 cm³/mol. The molecule has 0 radical (unpaired) electrons. The summed E-state index contributed by atoms with van der Waals surface area (Å²) >= 11 is 0. The molecule has 0 spiro atoms. The van der Waals surface area contributed by atoms with Gasteiger partial charge in [-0.25, -0.2) is 9.67 Å². The fourth-order valence-electron chi connectivity index (χ4n) is 3.06. The van der Waals surface area contributed by atoms with Crippen molar-refractivity contribution in [2.45, 2.75) is 26.8 Å². The minimum absolute atomic E-state index is 0.181. The quantitative estimate of drug-likeness (QED) is 0.617. The van der Waals surface area contributed by atoms with Gasteiger partial charge in [-0.1, -0.05) is 12.1 Å². The fraction of sp³-hybridized carbons (Fsp3) is 0.227. The number of aryl methyl sites for hydroxylation is 1. The maximum atomic E-state index is 12.6. The molecule has 3 aromatic rings. The van der Waals surface area contributed by atoms with Crippen molar-refractivity contribution in [3.63, 3.8) is 0 Å². The number of hydrogen-bond acceptors (Lipinski definition) is 5. The summed E-state index contributed by atoms with van der Waals surface area (Å²) in [4.78, 5) is 41.7. The lowest BCUT2D eigenvalue weighted by molar-refractivity contribution is -0.143. The number of benzene rings is 2. The molecule has 0 aliphatic rings. The number of nitrogens with one attached hydrogen (secondary N) is 2. The van der Waals surface area contributed by atoms with Gasteiger partial charge in [0.2, 0.25) is 5.91 Å². The van der Waals surface area contributed by atoms with E-state index in [1.807, 2.05) is 31.2 Å². The summed E-state index contributed by atoms with van der Waals surface area (Å²) in [6, 6.07) is 12.2. The molecular formula is C22H24N6O3. The minimum atomic E-state index is -0.736. The van der Waals surface area contributed by atoms with Crippen LogP contribution < -0.4 is 10.6 Å². The summed E-state index contributed by atoms with van der Waals surface area (Å²) in [7, 11) is 1.59. The minimum Gasteiger partial charge on any atom is -0.331 e. The summed E-state index contributed by atoms with van der Waals surface area (Å²) in [6.45, 7) is 5.08. The van der Waals surface area contributed by atoms with E-state index in [4.69, 9.17) is 0 Å². The lowest BCUT2D eigenvalue weighted by atomic mass is 10.1. The lowest BCUT2D eigenvalue weighted by Gasteiger charge is -2.25. The number of likely N-dealkylation sites (N-methyl/N-ethyl adjacent to an activating group) is 1. The smallest absolute Gasteiger partial charge is 0.313 e. The highest BCUT2D eigenvalue weighted by atomic mass is 16.2. The van der Waals surface area contributed by atoms with Gasteiger partial charge in [0.25, 0.3) is 0 Å². The van der Waals surface area contributed by atoms with Gasteiger partial charge in [-0.2, -0.15) is 5.10 Å². The van der Waals surface area contributed by atoms with Gasteiger partial charge >= 0.3 is 11.8 Å². The highest BCUT2D eigenvalue weighted by Crippen LogP contribution is 2.22. The van der Waals surface area contributed by atoms with Crippen LogP contribution >= 0.6 is 0 Å². The molecule has 1 aromatic heterocycles. The van der Waals surface area contributed by atoms with Gasteiger partial charge in [0, 0.05) is 25.3 Å². The number of carbonyl (C=O) groups is 3. The Labute approximate surface area is 180 Å². The van der Waals surface area contributed by atoms with E-state index >= 15 is 0 Å². The third-order valence-electron chi connectivity index (χ3n) is 4.95. The first-order valence-electron chi connectivity index (χ1n) is 9.67. The van der Waals surface area contributed by atoms with E-state index in [0.717, 1.165) is 16.8 Å². The molecular weight excluding hydrogens is 396 g/mol. The Hall–Kier alpha value is -4.01. The molecule has 0 fully saturated rings. The second-order valence-electron chi connectivity index (χ2n) is 7.19. The van der Waals surface area contributed by atoms with Crippen LogP contribution in [0.15, 0.2) is 55.1 Å². The highest BCUT2D eigenvalue weighted by Gasteiger charge is 2.24. The number of hydrogen-bond donors (Lipinski definition) is 2. The van der Waals surface area contributed by atoms with Crippen LogP contribution in [0, 0.1) is 6.92 Å². The van der Waals surface area contributed by atoms with Crippen LogP contribution in [0.2, 0.25) is 0 Å². The Morgan fingerprint density at radius 2 is 1.77 bits per heavy atom. The van der Waals surface area contributed by atoms with E-state index in [0.29, 0.717) is 11.4 Å². The van der Waals surface area contributed by atoms with Crippen LogP contribution in [-0.4, -0.2) is 44.4 Å². The first kappa shape index (κ1) is 21.7. The van der Waals surface area contributed by atoms with Crippen LogP contribution in [0.5, 0.6) is 0 Å². The molecule has 2 N–H and O–H groups in total. The molecule has 0 saturated heterocycles. The topological polar surface area (TPSA) is 109 Å². The molecule has 2 aromatic carbocycles. The van der Waals surface area contributed by atoms with Crippen molar-refractivity contribution >= 4 is 29.1 Å². The maximum Gasteiger partial charge on any atom is 0.313 e. The zero-order valence-electron chi connectivity index (χ0n) is 17.8. The molecule has 0 aliphatic carbocycles. The molecule has 31 heavy (non-hydrogen) atoms.